The maximum atomic E-state index is 13.9. The lowest BCUT2D eigenvalue weighted by atomic mass is 10.00. The van der Waals surface area contributed by atoms with Gasteiger partial charge in [-0.3, -0.25) is 19.3 Å². The van der Waals surface area contributed by atoms with Gasteiger partial charge in [-0.05, 0) is 48.2 Å². The monoisotopic (exact) mass is 514 g/mol. The van der Waals surface area contributed by atoms with E-state index in [2.05, 4.69) is 15.6 Å². The van der Waals surface area contributed by atoms with Crippen LogP contribution in [0.2, 0.25) is 0 Å². The number of nitrogens with zero attached hydrogens (tertiary/aromatic N) is 2. The van der Waals surface area contributed by atoms with Gasteiger partial charge in [0, 0.05) is 18.5 Å². The topological polar surface area (TPSA) is 101 Å². The lowest BCUT2D eigenvalue weighted by Gasteiger charge is -2.31. The zero-order valence-electron chi connectivity index (χ0n) is 22.2. The van der Waals surface area contributed by atoms with Gasteiger partial charge in [0.15, 0.2) is 5.75 Å². The lowest BCUT2D eigenvalue weighted by molar-refractivity contribution is -0.131. The van der Waals surface area contributed by atoms with Crippen molar-refractivity contribution in [1.82, 2.24) is 10.3 Å². The molecule has 198 valence electrons. The molecule has 2 heterocycles. The van der Waals surface area contributed by atoms with Gasteiger partial charge >= 0.3 is 0 Å². The molecule has 3 amide bonds. The number of rotatable bonds is 9. The fourth-order valence-corrected chi connectivity index (χ4v) is 4.36. The zero-order chi connectivity index (χ0) is 27.2. The summed E-state index contributed by atoms with van der Waals surface area (Å²) in [5.74, 6) is 0.238. The van der Waals surface area contributed by atoms with Gasteiger partial charge in [-0.15, -0.1) is 0 Å². The van der Waals surface area contributed by atoms with Gasteiger partial charge in [0.05, 0.1) is 5.69 Å². The molecule has 0 radical (unpaired) electrons. The highest BCUT2D eigenvalue weighted by Gasteiger charge is 2.43. The van der Waals surface area contributed by atoms with E-state index in [9.17, 15) is 14.4 Å². The quantitative estimate of drug-likeness (QED) is 0.421. The van der Waals surface area contributed by atoms with Crippen LogP contribution >= 0.6 is 0 Å². The third kappa shape index (κ3) is 5.85. The van der Waals surface area contributed by atoms with Crippen molar-refractivity contribution < 1.29 is 19.1 Å². The van der Waals surface area contributed by atoms with E-state index in [0.717, 1.165) is 5.56 Å². The minimum atomic E-state index is -0.834. The Kier molecular flexibility index (Phi) is 8.41. The van der Waals surface area contributed by atoms with Crippen LogP contribution in [-0.4, -0.2) is 34.8 Å². The smallest absolute Gasteiger partial charge is 0.251 e. The summed E-state index contributed by atoms with van der Waals surface area (Å²) in [7, 11) is 0. The van der Waals surface area contributed by atoms with Crippen molar-refractivity contribution in [2.24, 2.45) is 11.8 Å². The van der Waals surface area contributed by atoms with Crippen LogP contribution in [0, 0.1) is 11.8 Å². The fraction of sp³-hybridized carbons (Fsp3) is 0.333. The molecule has 0 saturated carbocycles. The molecule has 0 unspecified atom stereocenters. The molecule has 0 fully saturated rings. The van der Waals surface area contributed by atoms with Crippen molar-refractivity contribution in [1.29, 1.82) is 0 Å². The van der Waals surface area contributed by atoms with Gasteiger partial charge in [-0.1, -0.05) is 64.1 Å². The van der Waals surface area contributed by atoms with Crippen LogP contribution in [0.3, 0.4) is 0 Å². The predicted molar refractivity (Wildman–Crippen MR) is 147 cm³/mol. The van der Waals surface area contributed by atoms with Crippen molar-refractivity contribution in [3.63, 3.8) is 0 Å². The number of anilines is 2. The fourth-order valence-electron chi connectivity index (χ4n) is 4.36. The second kappa shape index (κ2) is 11.9. The van der Waals surface area contributed by atoms with Crippen molar-refractivity contribution in [3.05, 3.63) is 78.5 Å². The average molecular weight is 515 g/mol. The van der Waals surface area contributed by atoms with E-state index in [4.69, 9.17) is 4.74 Å². The molecule has 3 atom stereocenters. The number of amides is 3. The minimum absolute atomic E-state index is 0.187. The number of nitrogens with one attached hydrogen (secondary N) is 2. The van der Waals surface area contributed by atoms with Crippen LogP contribution < -0.4 is 20.3 Å². The van der Waals surface area contributed by atoms with Crippen LogP contribution in [0.5, 0.6) is 11.5 Å². The van der Waals surface area contributed by atoms with Gasteiger partial charge < -0.3 is 15.4 Å². The summed E-state index contributed by atoms with van der Waals surface area (Å²) in [6.07, 6.45) is 2.57. The maximum Gasteiger partial charge on any atom is 0.251 e. The van der Waals surface area contributed by atoms with Gasteiger partial charge in [0.2, 0.25) is 11.8 Å². The number of benzene rings is 2. The van der Waals surface area contributed by atoms with Crippen LogP contribution in [0.1, 0.15) is 39.7 Å². The number of hydrogen-bond donors (Lipinski definition) is 2. The van der Waals surface area contributed by atoms with E-state index >= 15 is 0 Å². The average Bonchev–Trinajstić information content (AvgIpc) is 3.32. The first kappa shape index (κ1) is 26.9. The Labute approximate surface area is 223 Å². The first-order valence-corrected chi connectivity index (χ1v) is 13.0. The first-order valence-electron chi connectivity index (χ1n) is 13.0. The number of carbonyl (C=O) groups excluding carboxylic acids is 3. The molecular weight excluding hydrogens is 480 g/mol. The molecule has 4 rings (SSSR count). The van der Waals surface area contributed by atoms with Crippen LogP contribution in [0.4, 0.5) is 11.5 Å². The molecule has 38 heavy (non-hydrogen) atoms. The molecule has 1 aliphatic heterocycles. The molecule has 1 aromatic heterocycles. The minimum Gasteiger partial charge on any atom is -0.455 e. The molecule has 0 spiro atoms. The van der Waals surface area contributed by atoms with Crippen molar-refractivity contribution >= 4 is 29.2 Å². The number of aromatic nitrogens is 1. The highest BCUT2D eigenvalue weighted by atomic mass is 16.5. The molecule has 1 aliphatic rings. The lowest BCUT2D eigenvalue weighted by Crippen LogP contribution is -2.56. The van der Waals surface area contributed by atoms with Gasteiger partial charge in [0.25, 0.3) is 5.91 Å². The number of carbonyl (C=O) groups is 3. The molecule has 0 bridgehead atoms. The SMILES string of the molecule is CC[C@@H](C)C(=O)N[C@H](C(=O)N1c2ncccc2C[C@H]1C(=O)Nc1ccccc1Oc1ccccc1)C(C)C. The summed E-state index contributed by atoms with van der Waals surface area (Å²) in [4.78, 5) is 46.2. The highest BCUT2D eigenvalue weighted by Crippen LogP contribution is 2.34. The number of pyridine rings is 1. The van der Waals surface area contributed by atoms with Crippen molar-refractivity contribution in [3.8, 4) is 11.5 Å². The van der Waals surface area contributed by atoms with Crippen LogP contribution in [0.25, 0.3) is 0 Å². The molecule has 0 saturated heterocycles. The van der Waals surface area contributed by atoms with Crippen LogP contribution in [0.15, 0.2) is 72.9 Å². The van der Waals surface area contributed by atoms with E-state index in [1.807, 2.05) is 70.2 Å². The van der Waals surface area contributed by atoms with E-state index in [-0.39, 0.29) is 29.6 Å². The van der Waals surface area contributed by atoms with Gasteiger partial charge in [-0.25, -0.2) is 4.98 Å². The Balaban J connectivity index is 1.61. The number of ether oxygens (including phenoxy) is 1. The Morgan fingerprint density at radius 3 is 2.42 bits per heavy atom. The Morgan fingerprint density at radius 2 is 1.71 bits per heavy atom. The summed E-state index contributed by atoms with van der Waals surface area (Å²) >= 11 is 0. The van der Waals surface area contributed by atoms with E-state index in [0.29, 0.717) is 35.8 Å². The molecular formula is C30H34N4O4. The zero-order valence-corrected chi connectivity index (χ0v) is 22.2. The third-order valence-electron chi connectivity index (χ3n) is 6.77. The first-order chi connectivity index (χ1) is 18.3. The van der Waals surface area contributed by atoms with Crippen molar-refractivity contribution in [2.45, 2.75) is 52.6 Å². The number of para-hydroxylation sites is 3. The number of hydrogen-bond acceptors (Lipinski definition) is 5. The summed E-state index contributed by atoms with van der Waals surface area (Å²) in [6.45, 7) is 7.51. The standard InChI is InChI=1S/C30H34N4O4/c1-5-20(4)28(35)33-26(19(2)3)30(37)34-24(18-21-12-11-17-31-27(21)34)29(36)32-23-15-9-10-16-25(23)38-22-13-7-6-8-14-22/h6-17,19-20,24,26H,5,18H2,1-4H3,(H,32,36)(H,33,35)/t20-,24+,26+/m1/s1. The highest BCUT2D eigenvalue weighted by molar-refractivity contribution is 6.09. The molecule has 2 N–H and O–H groups in total. The largest absolute Gasteiger partial charge is 0.455 e. The molecule has 2 aromatic carbocycles. The normalized spacial score (nSPS) is 15.9. The number of fused-ring (bicyclic) bond motifs is 1. The van der Waals surface area contributed by atoms with Crippen molar-refractivity contribution in [2.75, 3.05) is 10.2 Å². The Hall–Kier alpha value is -4.20. The summed E-state index contributed by atoms with van der Waals surface area (Å²) < 4.78 is 6.00. The molecule has 0 aliphatic carbocycles. The summed E-state index contributed by atoms with van der Waals surface area (Å²) in [6, 6.07) is 18.5. The van der Waals surface area contributed by atoms with Crippen LogP contribution in [-0.2, 0) is 20.8 Å². The van der Waals surface area contributed by atoms with Gasteiger partial charge in [-0.2, -0.15) is 0 Å². The molecule has 3 aromatic rings. The molecule has 8 nitrogen and oxygen atoms in total. The Morgan fingerprint density at radius 1 is 1.00 bits per heavy atom. The molecule has 8 heteroatoms. The maximum absolute atomic E-state index is 13.9. The van der Waals surface area contributed by atoms with Gasteiger partial charge in [0.1, 0.15) is 23.7 Å². The second-order valence-corrected chi connectivity index (χ2v) is 9.85. The predicted octanol–water partition coefficient (Wildman–Crippen LogP) is 4.96. The van der Waals surface area contributed by atoms with E-state index in [1.165, 1.54) is 4.90 Å². The summed E-state index contributed by atoms with van der Waals surface area (Å²) in [5.41, 5.74) is 1.29. The Bertz CT molecular complexity index is 1290. The van der Waals surface area contributed by atoms with E-state index in [1.54, 1.807) is 30.5 Å². The third-order valence-corrected chi connectivity index (χ3v) is 6.77. The summed E-state index contributed by atoms with van der Waals surface area (Å²) in [5, 5.41) is 5.87. The second-order valence-electron chi connectivity index (χ2n) is 9.85. The van der Waals surface area contributed by atoms with E-state index < -0.39 is 12.1 Å².